The summed E-state index contributed by atoms with van der Waals surface area (Å²) in [6, 6.07) is 7.07. The maximum Gasteiger partial charge on any atom is 0.217 e. The number of methoxy groups -OCH3 is 2. The zero-order chi connectivity index (χ0) is 20.1. The summed E-state index contributed by atoms with van der Waals surface area (Å²) in [6.07, 6.45) is 4.60. The molecule has 3 aromatic heterocycles. The fourth-order valence-corrected chi connectivity index (χ4v) is 2.87. The molecule has 0 saturated heterocycles. The lowest BCUT2D eigenvalue weighted by Gasteiger charge is -2.06. The van der Waals surface area contributed by atoms with Crippen molar-refractivity contribution in [2.24, 2.45) is 7.05 Å². The van der Waals surface area contributed by atoms with Gasteiger partial charge in [0.25, 0.3) is 0 Å². The molecule has 0 radical (unpaired) electrons. The van der Waals surface area contributed by atoms with Crippen molar-refractivity contribution in [2.75, 3.05) is 14.2 Å². The van der Waals surface area contributed by atoms with Crippen LogP contribution in [0.25, 0.3) is 22.2 Å². The molecule has 4 aromatic rings. The number of fused-ring (bicyclic) bond motifs is 1. The zero-order valence-corrected chi connectivity index (χ0v) is 16.8. The van der Waals surface area contributed by atoms with Crippen LogP contribution >= 0.6 is 23.2 Å². The third kappa shape index (κ3) is 4.47. The van der Waals surface area contributed by atoms with E-state index in [4.69, 9.17) is 32.7 Å². The molecule has 3 heterocycles. The second kappa shape index (κ2) is 8.81. The Morgan fingerprint density at radius 2 is 1.54 bits per heavy atom. The molecule has 0 N–H and O–H groups in total. The van der Waals surface area contributed by atoms with Crippen molar-refractivity contribution in [2.45, 2.75) is 0 Å². The summed E-state index contributed by atoms with van der Waals surface area (Å²) in [4.78, 5) is 15.7. The van der Waals surface area contributed by atoms with E-state index in [2.05, 4.69) is 25.0 Å². The number of hydrogen-bond donors (Lipinski definition) is 0. The van der Waals surface area contributed by atoms with E-state index in [9.17, 15) is 0 Å². The first-order valence-corrected chi connectivity index (χ1v) is 8.76. The highest BCUT2D eigenvalue weighted by Gasteiger charge is 2.12. The molecule has 10 heteroatoms. The van der Waals surface area contributed by atoms with E-state index in [0.29, 0.717) is 21.9 Å². The average molecular weight is 419 g/mol. The van der Waals surface area contributed by atoms with Crippen LogP contribution in [0.4, 0.5) is 0 Å². The Labute approximate surface area is 171 Å². The molecular weight excluding hydrogens is 403 g/mol. The topological polar surface area (TPSA) is 87.8 Å². The van der Waals surface area contributed by atoms with Crippen LogP contribution in [0, 0.1) is 0 Å². The molecule has 0 fully saturated rings. The van der Waals surface area contributed by atoms with Crippen LogP contribution in [0.15, 0.2) is 43.1 Å². The maximum absolute atomic E-state index is 6.14. The fourth-order valence-electron chi connectivity index (χ4n) is 2.51. The average Bonchev–Trinajstić information content (AvgIpc) is 3.08. The van der Waals surface area contributed by atoms with Gasteiger partial charge >= 0.3 is 0 Å². The molecule has 8 nitrogen and oxygen atoms in total. The quantitative estimate of drug-likeness (QED) is 0.467. The molecule has 0 aliphatic heterocycles. The van der Waals surface area contributed by atoms with Gasteiger partial charge in [0.15, 0.2) is 0 Å². The van der Waals surface area contributed by atoms with Crippen molar-refractivity contribution in [3.8, 4) is 23.0 Å². The lowest BCUT2D eigenvalue weighted by Crippen LogP contribution is -1.95. The van der Waals surface area contributed by atoms with Crippen molar-refractivity contribution in [3.63, 3.8) is 0 Å². The predicted molar refractivity (Wildman–Crippen MR) is 107 cm³/mol. The Kier molecular flexibility index (Phi) is 6.23. The van der Waals surface area contributed by atoms with Gasteiger partial charge in [-0.05, 0) is 12.1 Å². The molecule has 1 aromatic carbocycles. The SMILES string of the molecule is COc1cc(-c2cc(Cl)cc3cnn(C)c23)ncn1.COc1cc(Cl)ncn1. The molecule has 0 bridgehead atoms. The van der Waals surface area contributed by atoms with Crippen LogP contribution in [-0.2, 0) is 7.05 Å². The van der Waals surface area contributed by atoms with Crippen LogP contribution in [0.3, 0.4) is 0 Å². The first-order valence-electron chi connectivity index (χ1n) is 8.01. The van der Waals surface area contributed by atoms with E-state index < -0.39 is 0 Å². The minimum atomic E-state index is 0.391. The number of rotatable bonds is 3. The van der Waals surface area contributed by atoms with Crippen LogP contribution in [0.1, 0.15) is 0 Å². The minimum absolute atomic E-state index is 0.391. The van der Waals surface area contributed by atoms with Crippen molar-refractivity contribution < 1.29 is 9.47 Å². The van der Waals surface area contributed by atoms with Gasteiger partial charge < -0.3 is 9.47 Å². The molecule has 0 aliphatic rings. The smallest absolute Gasteiger partial charge is 0.217 e. The monoisotopic (exact) mass is 418 g/mol. The second-order valence-electron chi connectivity index (χ2n) is 5.49. The molecule has 4 rings (SSSR count). The molecule has 0 aliphatic carbocycles. The number of nitrogens with zero attached hydrogens (tertiary/aromatic N) is 6. The van der Waals surface area contributed by atoms with E-state index in [-0.39, 0.29) is 0 Å². The molecule has 0 saturated carbocycles. The number of hydrogen-bond acceptors (Lipinski definition) is 7. The molecule has 0 unspecified atom stereocenters. The summed E-state index contributed by atoms with van der Waals surface area (Å²) in [5, 5.41) is 6.26. The number of ether oxygens (including phenoxy) is 2. The molecule has 0 atom stereocenters. The minimum Gasteiger partial charge on any atom is -0.481 e. The standard InChI is InChI=1S/C13H11ClN4O.C5H5ClN2O/c1-18-13-8(6-17-18)3-9(14)4-10(13)11-5-12(19-2)16-7-15-11;1-9-5-2-4(6)7-3-8-5/h3-7H,1-2H3;2-3H,1H3. The summed E-state index contributed by atoms with van der Waals surface area (Å²) < 4.78 is 11.7. The summed E-state index contributed by atoms with van der Waals surface area (Å²) in [7, 11) is 4.99. The number of halogens is 2. The van der Waals surface area contributed by atoms with Gasteiger partial charge in [0.2, 0.25) is 11.8 Å². The number of aryl methyl sites for hydroxylation is 1. The Hall–Kier alpha value is -2.97. The molecule has 144 valence electrons. The van der Waals surface area contributed by atoms with Gasteiger partial charge in [0.05, 0.1) is 31.6 Å². The van der Waals surface area contributed by atoms with Crippen molar-refractivity contribution in [1.82, 2.24) is 29.7 Å². The Balaban J connectivity index is 0.000000211. The Morgan fingerprint density at radius 1 is 0.857 bits per heavy atom. The van der Waals surface area contributed by atoms with Crippen LogP contribution in [0.2, 0.25) is 10.2 Å². The van der Waals surface area contributed by atoms with Gasteiger partial charge in [-0.2, -0.15) is 5.10 Å². The lowest BCUT2D eigenvalue weighted by atomic mass is 10.1. The fraction of sp³-hybridized carbons (Fsp3) is 0.167. The van der Waals surface area contributed by atoms with Crippen LogP contribution < -0.4 is 9.47 Å². The van der Waals surface area contributed by atoms with Crippen molar-refractivity contribution >= 4 is 34.1 Å². The highest BCUT2D eigenvalue weighted by Crippen LogP contribution is 2.31. The highest BCUT2D eigenvalue weighted by atomic mass is 35.5. The van der Waals surface area contributed by atoms with Crippen molar-refractivity contribution in [1.29, 1.82) is 0 Å². The summed E-state index contributed by atoms with van der Waals surface area (Å²) >= 11 is 11.6. The van der Waals surface area contributed by atoms with E-state index in [1.54, 1.807) is 30.1 Å². The molecular formula is C18H16Cl2N6O2. The van der Waals surface area contributed by atoms with Gasteiger partial charge in [0, 0.05) is 35.2 Å². The largest absolute Gasteiger partial charge is 0.481 e. The maximum atomic E-state index is 6.14. The molecule has 0 amide bonds. The summed E-state index contributed by atoms with van der Waals surface area (Å²) in [6.45, 7) is 0. The first-order chi connectivity index (χ1) is 13.5. The predicted octanol–water partition coefficient (Wildman–Crippen LogP) is 3.83. The van der Waals surface area contributed by atoms with Crippen molar-refractivity contribution in [3.05, 3.63) is 53.3 Å². The van der Waals surface area contributed by atoms with Crippen LogP contribution in [0.5, 0.6) is 11.8 Å². The normalized spacial score (nSPS) is 10.3. The lowest BCUT2D eigenvalue weighted by molar-refractivity contribution is 0.397. The van der Waals surface area contributed by atoms with E-state index in [1.165, 1.54) is 19.8 Å². The van der Waals surface area contributed by atoms with Crippen LogP contribution in [-0.4, -0.2) is 43.9 Å². The Morgan fingerprint density at radius 3 is 2.18 bits per heavy atom. The molecule has 28 heavy (non-hydrogen) atoms. The number of benzene rings is 1. The molecule has 0 spiro atoms. The van der Waals surface area contributed by atoms with Gasteiger partial charge in [0.1, 0.15) is 17.8 Å². The number of aromatic nitrogens is 6. The highest BCUT2D eigenvalue weighted by molar-refractivity contribution is 6.32. The second-order valence-corrected chi connectivity index (χ2v) is 6.31. The summed E-state index contributed by atoms with van der Waals surface area (Å²) in [5.41, 5.74) is 2.64. The van der Waals surface area contributed by atoms with E-state index in [1.807, 2.05) is 19.2 Å². The third-order valence-electron chi connectivity index (χ3n) is 3.74. The van der Waals surface area contributed by atoms with Gasteiger partial charge in [-0.25, -0.2) is 19.9 Å². The third-order valence-corrected chi connectivity index (χ3v) is 4.17. The first kappa shape index (κ1) is 19.8. The summed E-state index contributed by atoms with van der Waals surface area (Å²) in [5.74, 6) is 0.996. The zero-order valence-electron chi connectivity index (χ0n) is 15.3. The van der Waals surface area contributed by atoms with Gasteiger partial charge in [-0.1, -0.05) is 23.2 Å². The van der Waals surface area contributed by atoms with E-state index in [0.717, 1.165) is 22.2 Å². The van der Waals surface area contributed by atoms with Gasteiger partial charge in [-0.15, -0.1) is 0 Å². The Bertz CT molecular complexity index is 1100. The van der Waals surface area contributed by atoms with E-state index >= 15 is 0 Å². The van der Waals surface area contributed by atoms with Gasteiger partial charge in [-0.3, -0.25) is 4.68 Å².